The van der Waals surface area contributed by atoms with Crippen LogP contribution in [0.2, 0.25) is 0 Å². The van der Waals surface area contributed by atoms with Crippen molar-refractivity contribution in [2.75, 3.05) is 0 Å². The number of hydrogen-bond acceptors (Lipinski definition) is 4. The smallest absolute Gasteiger partial charge is 0.302 e. The van der Waals surface area contributed by atoms with Crippen molar-refractivity contribution in [3.8, 4) is 0 Å². The lowest BCUT2D eigenvalue weighted by Gasteiger charge is -2.59. The maximum Gasteiger partial charge on any atom is 0.302 e. The number of Topliss-reactive ketones (excluding diaryl/α,β-unsaturated/α-hetero) is 1. The molecule has 29 heavy (non-hydrogen) atoms. The Balaban J connectivity index is 1.69. The highest BCUT2D eigenvalue weighted by Crippen LogP contribution is 2.69. The van der Waals surface area contributed by atoms with Crippen LogP contribution in [0.5, 0.6) is 0 Å². The lowest BCUT2D eigenvalue weighted by Crippen LogP contribution is -2.58. The van der Waals surface area contributed by atoms with E-state index in [0.717, 1.165) is 44.9 Å². The molecular weight excluding hydrogens is 364 g/mol. The van der Waals surface area contributed by atoms with E-state index in [9.17, 15) is 14.7 Å². The van der Waals surface area contributed by atoms with Gasteiger partial charge in [-0.25, -0.2) is 0 Å². The molecule has 0 heterocycles. The van der Waals surface area contributed by atoms with E-state index in [1.54, 1.807) is 6.92 Å². The first-order valence-corrected chi connectivity index (χ1v) is 11.5. The van der Waals surface area contributed by atoms with E-state index in [1.165, 1.54) is 18.1 Å². The van der Waals surface area contributed by atoms with Gasteiger partial charge in [-0.1, -0.05) is 31.9 Å². The van der Waals surface area contributed by atoms with E-state index < -0.39 is 5.60 Å². The van der Waals surface area contributed by atoms with Gasteiger partial charge in [-0.3, -0.25) is 9.59 Å². The maximum atomic E-state index is 12.6. The predicted molar refractivity (Wildman–Crippen MR) is 112 cm³/mol. The molecule has 4 aliphatic carbocycles. The molecule has 0 aromatic heterocycles. The van der Waals surface area contributed by atoms with Crippen molar-refractivity contribution in [3.63, 3.8) is 0 Å². The zero-order chi connectivity index (χ0) is 21.4. The second kappa shape index (κ2) is 6.67. The summed E-state index contributed by atoms with van der Waals surface area (Å²) in [5.74, 6) is 1.31. The normalized spacial score (nSPS) is 49.1. The van der Waals surface area contributed by atoms with E-state index in [1.807, 2.05) is 0 Å². The Labute approximate surface area is 175 Å². The third-order valence-electron chi connectivity index (χ3n) is 9.87. The molecule has 0 aromatic carbocycles. The Hall–Kier alpha value is -1.16. The van der Waals surface area contributed by atoms with Gasteiger partial charge in [0.05, 0.1) is 0 Å². The summed E-state index contributed by atoms with van der Waals surface area (Å²) in [4.78, 5) is 24.1. The predicted octanol–water partition coefficient (Wildman–Crippen LogP) is 4.84. The molecule has 3 saturated carbocycles. The van der Waals surface area contributed by atoms with E-state index in [4.69, 9.17) is 4.74 Å². The first-order valence-electron chi connectivity index (χ1n) is 11.5. The van der Waals surface area contributed by atoms with Gasteiger partial charge in [-0.05, 0) is 81.5 Å². The van der Waals surface area contributed by atoms with Gasteiger partial charge in [-0.15, -0.1) is 0 Å². The quantitative estimate of drug-likeness (QED) is 0.530. The van der Waals surface area contributed by atoms with Crippen molar-refractivity contribution < 1.29 is 19.4 Å². The summed E-state index contributed by atoms with van der Waals surface area (Å²) in [5, 5.41) is 11.6. The van der Waals surface area contributed by atoms with Crippen molar-refractivity contribution in [1.29, 1.82) is 0 Å². The van der Waals surface area contributed by atoms with Crippen LogP contribution in [0.25, 0.3) is 0 Å². The van der Waals surface area contributed by atoms with Crippen molar-refractivity contribution in [1.82, 2.24) is 0 Å². The Kier molecular flexibility index (Phi) is 4.85. The SMILES string of the molecule is CC(=O)O[C@H]1CC[C@@]2(C)C(=C(C)C[C@@H]3[C@@H]2CC[C@@]2(C)[C@H]3C[C@H](C)[C@]2(O)C(C)=O)C1. The number of fused-ring (bicyclic) bond motifs is 5. The topological polar surface area (TPSA) is 63.6 Å². The zero-order valence-corrected chi connectivity index (χ0v) is 19.0. The van der Waals surface area contributed by atoms with Crippen LogP contribution in [-0.4, -0.2) is 28.6 Å². The summed E-state index contributed by atoms with van der Waals surface area (Å²) in [6, 6.07) is 0. The molecule has 0 spiro atoms. The lowest BCUT2D eigenvalue weighted by atomic mass is 9.46. The summed E-state index contributed by atoms with van der Waals surface area (Å²) in [6.45, 7) is 12.0. The molecule has 4 nitrogen and oxygen atoms in total. The van der Waals surface area contributed by atoms with Crippen LogP contribution in [0.4, 0.5) is 0 Å². The van der Waals surface area contributed by atoms with Crippen LogP contribution < -0.4 is 0 Å². The van der Waals surface area contributed by atoms with Gasteiger partial charge in [-0.2, -0.15) is 0 Å². The molecule has 8 atom stereocenters. The summed E-state index contributed by atoms with van der Waals surface area (Å²) in [6.07, 6.45) is 6.90. The van der Waals surface area contributed by atoms with E-state index >= 15 is 0 Å². The van der Waals surface area contributed by atoms with Crippen molar-refractivity contribution in [3.05, 3.63) is 11.1 Å². The highest BCUT2D eigenvalue weighted by Gasteiger charge is 2.68. The van der Waals surface area contributed by atoms with Crippen LogP contribution in [0, 0.1) is 34.5 Å². The van der Waals surface area contributed by atoms with Gasteiger partial charge in [0, 0.05) is 18.8 Å². The fourth-order valence-corrected chi connectivity index (χ4v) is 8.51. The molecule has 0 bridgehead atoms. The Morgan fingerprint density at radius 3 is 2.38 bits per heavy atom. The molecule has 0 aliphatic heterocycles. The zero-order valence-electron chi connectivity index (χ0n) is 19.0. The fourth-order valence-electron chi connectivity index (χ4n) is 8.51. The minimum absolute atomic E-state index is 0.0187. The summed E-state index contributed by atoms with van der Waals surface area (Å²) in [5.41, 5.74) is 1.63. The Bertz CT molecular complexity index is 769. The van der Waals surface area contributed by atoms with Crippen molar-refractivity contribution in [2.24, 2.45) is 34.5 Å². The van der Waals surface area contributed by atoms with Crippen LogP contribution >= 0.6 is 0 Å². The average Bonchev–Trinajstić information content (AvgIpc) is 2.84. The minimum atomic E-state index is -1.19. The number of allylic oxidation sites excluding steroid dienone is 1. The average molecular weight is 403 g/mol. The molecule has 4 aliphatic rings. The van der Waals surface area contributed by atoms with Gasteiger partial charge in [0.25, 0.3) is 0 Å². The monoisotopic (exact) mass is 402 g/mol. The first kappa shape index (κ1) is 21.1. The number of aliphatic hydroxyl groups is 1. The minimum Gasteiger partial charge on any atom is -0.462 e. The molecule has 0 amide bonds. The van der Waals surface area contributed by atoms with Gasteiger partial charge >= 0.3 is 5.97 Å². The van der Waals surface area contributed by atoms with Gasteiger partial charge in [0.15, 0.2) is 5.78 Å². The summed E-state index contributed by atoms with van der Waals surface area (Å²) < 4.78 is 5.58. The van der Waals surface area contributed by atoms with E-state index in [2.05, 4.69) is 27.7 Å². The molecular formula is C25H38O4. The highest BCUT2D eigenvalue weighted by molar-refractivity contribution is 5.86. The molecule has 162 valence electrons. The fraction of sp³-hybridized carbons (Fsp3) is 0.840. The Morgan fingerprint density at radius 1 is 1.07 bits per heavy atom. The van der Waals surface area contributed by atoms with Crippen LogP contribution in [0.1, 0.15) is 86.5 Å². The number of esters is 1. The summed E-state index contributed by atoms with van der Waals surface area (Å²) >= 11 is 0. The lowest BCUT2D eigenvalue weighted by molar-refractivity contribution is -0.166. The third-order valence-corrected chi connectivity index (χ3v) is 9.87. The summed E-state index contributed by atoms with van der Waals surface area (Å²) in [7, 11) is 0. The number of hydrogen-bond donors (Lipinski definition) is 1. The molecule has 1 N–H and O–H groups in total. The molecule has 0 radical (unpaired) electrons. The van der Waals surface area contributed by atoms with E-state index in [-0.39, 0.29) is 34.6 Å². The van der Waals surface area contributed by atoms with E-state index in [0.29, 0.717) is 17.8 Å². The molecule has 0 saturated heterocycles. The van der Waals surface area contributed by atoms with Crippen LogP contribution in [-0.2, 0) is 14.3 Å². The molecule has 0 unspecified atom stereocenters. The highest BCUT2D eigenvalue weighted by atomic mass is 16.5. The molecule has 4 heteroatoms. The molecule has 4 rings (SSSR count). The van der Waals surface area contributed by atoms with Gasteiger partial charge in [0.1, 0.15) is 11.7 Å². The molecule has 0 aromatic rings. The number of ether oxygens (including phenoxy) is 1. The van der Waals surface area contributed by atoms with Gasteiger partial charge < -0.3 is 9.84 Å². The Morgan fingerprint density at radius 2 is 1.76 bits per heavy atom. The second-order valence-corrected chi connectivity index (χ2v) is 11.1. The van der Waals surface area contributed by atoms with Crippen LogP contribution in [0.3, 0.4) is 0 Å². The maximum absolute atomic E-state index is 12.6. The standard InChI is InChI=1S/C25H38O4/c1-14-11-19-20(23(5)9-7-18(13-21(14)23)29-17(4)27)8-10-24(6)22(19)12-15(2)25(24,28)16(3)26/h15,18-20,22,28H,7-13H2,1-6H3/t15-,18-,19+,20-,22-,23+,24-,25-/m0/s1. The van der Waals surface area contributed by atoms with Crippen LogP contribution in [0.15, 0.2) is 11.1 Å². The van der Waals surface area contributed by atoms with Gasteiger partial charge in [0.2, 0.25) is 0 Å². The number of carbonyl (C=O) groups is 2. The molecule has 3 fully saturated rings. The first-order chi connectivity index (χ1) is 13.4. The number of rotatable bonds is 2. The largest absolute Gasteiger partial charge is 0.462 e. The second-order valence-electron chi connectivity index (χ2n) is 11.1. The number of ketones is 1. The van der Waals surface area contributed by atoms with Crippen molar-refractivity contribution in [2.45, 2.75) is 98.2 Å². The van der Waals surface area contributed by atoms with Crippen molar-refractivity contribution >= 4 is 11.8 Å². The number of carbonyl (C=O) groups excluding carboxylic acids is 2. The third kappa shape index (κ3) is 2.73.